The summed E-state index contributed by atoms with van der Waals surface area (Å²) in [7, 11) is 0. The number of carbonyl (C=O) groups excluding carboxylic acids is 1. The Balaban J connectivity index is 2.52. The third kappa shape index (κ3) is 2.19. The van der Waals surface area contributed by atoms with Crippen LogP contribution in [0.25, 0.3) is 0 Å². The average Bonchev–Trinajstić information content (AvgIpc) is 2.13. The van der Waals surface area contributed by atoms with E-state index in [2.05, 4.69) is 0 Å². The molecule has 1 saturated heterocycles. The summed E-state index contributed by atoms with van der Waals surface area (Å²) in [5, 5.41) is 0. The minimum Gasteiger partial charge on any atom is -0.379 e. The van der Waals surface area contributed by atoms with Gasteiger partial charge >= 0.3 is 0 Å². The van der Waals surface area contributed by atoms with Crippen LogP contribution in [0.5, 0.6) is 0 Å². The van der Waals surface area contributed by atoms with Crippen molar-refractivity contribution >= 4 is 5.91 Å². The Morgan fingerprint density at radius 3 is 2.82 bits per heavy atom. The largest absolute Gasteiger partial charge is 0.379 e. The second kappa shape index (κ2) is 3.72. The lowest BCUT2D eigenvalue weighted by Crippen LogP contribution is -2.37. The van der Waals surface area contributed by atoms with Crippen molar-refractivity contribution in [3.8, 4) is 0 Å². The van der Waals surface area contributed by atoms with Crippen molar-refractivity contribution in [3.63, 3.8) is 0 Å². The third-order valence-electron chi connectivity index (χ3n) is 1.88. The van der Waals surface area contributed by atoms with E-state index in [4.69, 9.17) is 4.74 Å². The molecule has 1 heterocycles. The van der Waals surface area contributed by atoms with Crippen LogP contribution in [0.15, 0.2) is 0 Å². The summed E-state index contributed by atoms with van der Waals surface area (Å²) in [6, 6.07) is 0.309. The van der Waals surface area contributed by atoms with E-state index in [1.165, 1.54) is 0 Å². The van der Waals surface area contributed by atoms with Crippen LogP contribution in [-0.4, -0.2) is 36.6 Å². The predicted molar refractivity (Wildman–Crippen MR) is 42.3 cm³/mol. The Kier molecular flexibility index (Phi) is 2.88. The molecule has 0 atom stereocenters. The molecule has 0 radical (unpaired) electrons. The molecule has 0 N–H and O–H groups in total. The molecule has 1 fully saturated rings. The minimum atomic E-state index is 0.220. The van der Waals surface area contributed by atoms with Crippen molar-refractivity contribution in [1.82, 2.24) is 4.90 Å². The quantitative estimate of drug-likeness (QED) is 0.559. The van der Waals surface area contributed by atoms with Gasteiger partial charge < -0.3 is 9.64 Å². The van der Waals surface area contributed by atoms with Crippen LogP contribution >= 0.6 is 0 Å². The fourth-order valence-electron chi connectivity index (χ4n) is 1.24. The average molecular weight is 157 g/mol. The monoisotopic (exact) mass is 157 g/mol. The van der Waals surface area contributed by atoms with Gasteiger partial charge in [-0.05, 0) is 13.8 Å². The summed E-state index contributed by atoms with van der Waals surface area (Å²) < 4.78 is 5.18. The van der Waals surface area contributed by atoms with E-state index >= 15 is 0 Å². The highest BCUT2D eigenvalue weighted by atomic mass is 16.5. The molecule has 64 valence electrons. The first kappa shape index (κ1) is 8.53. The first-order valence-electron chi connectivity index (χ1n) is 4.09. The molecule has 11 heavy (non-hydrogen) atoms. The van der Waals surface area contributed by atoms with Crippen molar-refractivity contribution < 1.29 is 9.53 Å². The number of rotatable bonds is 1. The highest BCUT2D eigenvalue weighted by Crippen LogP contribution is 2.05. The summed E-state index contributed by atoms with van der Waals surface area (Å²) in [5.74, 6) is 0.220. The van der Waals surface area contributed by atoms with E-state index in [0.717, 1.165) is 6.54 Å². The smallest absolute Gasteiger partial charge is 0.225 e. The van der Waals surface area contributed by atoms with Gasteiger partial charge in [-0.15, -0.1) is 0 Å². The molecule has 3 nitrogen and oxygen atoms in total. The van der Waals surface area contributed by atoms with Crippen molar-refractivity contribution in [3.05, 3.63) is 0 Å². The lowest BCUT2D eigenvalue weighted by Gasteiger charge is -2.23. The zero-order valence-electron chi connectivity index (χ0n) is 7.17. The zero-order chi connectivity index (χ0) is 8.27. The predicted octanol–water partition coefficient (Wildman–Crippen LogP) is 0.644. The van der Waals surface area contributed by atoms with Crippen LogP contribution in [-0.2, 0) is 9.53 Å². The minimum absolute atomic E-state index is 0.220. The van der Waals surface area contributed by atoms with Crippen LogP contribution in [0, 0.1) is 0 Å². The van der Waals surface area contributed by atoms with E-state index in [-0.39, 0.29) is 5.91 Å². The Morgan fingerprint density at radius 1 is 1.45 bits per heavy atom. The van der Waals surface area contributed by atoms with E-state index in [9.17, 15) is 4.79 Å². The number of hydrogen-bond acceptors (Lipinski definition) is 2. The van der Waals surface area contributed by atoms with Gasteiger partial charge in [-0.25, -0.2) is 0 Å². The standard InChI is InChI=1S/C8H15NO2/c1-7(2)9-4-6-11-5-3-8(9)10/h7H,3-6H2,1-2H3. The van der Waals surface area contributed by atoms with Crippen LogP contribution in [0.3, 0.4) is 0 Å². The van der Waals surface area contributed by atoms with Gasteiger partial charge in [0.1, 0.15) is 0 Å². The molecule has 1 aliphatic heterocycles. The van der Waals surface area contributed by atoms with E-state index < -0.39 is 0 Å². The van der Waals surface area contributed by atoms with Crippen LogP contribution in [0.2, 0.25) is 0 Å². The topological polar surface area (TPSA) is 29.5 Å². The molecule has 0 bridgehead atoms. The molecule has 0 saturated carbocycles. The van der Waals surface area contributed by atoms with E-state index in [1.807, 2.05) is 18.7 Å². The summed E-state index contributed by atoms with van der Waals surface area (Å²) >= 11 is 0. The molecule has 1 rings (SSSR count). The molecule has 0 spiro atoms. The van der Waals surface area contributed by atoms with Crippen molar-refractivity contribution in [1.29, 1.82) is 0 Å². The number of ether oxygens (including phenoxy) is 1. The Bertz CT molecular complexity index is 145. The highest BCUT2D eigenvalue weighted by Gasteiger charge is 2.18. The molecular formula is C8H15NO2. The number of carbonyl (C=O) groups is 1. The molecule has 3 heteroatoms. The number of hydrogen-bond donors (Lipinski definition) is 0. The molecule has 1 amide bonds. The van der Waals surface area contributed by atoms with E-state index in [1.54, 1.807) is 0 Å². The second-order valence-corrected chi connectivity index (χ2v) is 3.04. The van der Waals surface area contributed by atoms with Gasteiger partial charge in [0.05, 0.1) is 19.6 Å². The maximum Gasteiger partial charge on any atom is 0.225 e. The fraction of sp³-hybridized carbons (Fsp3) is 0.875. The molecular weight excluding hydrogens is 142 g/mol. The van der Waals surface area contributed by atoms with E-state index in [0.29, 0.717) is 25.7 Å². The van der Waals surface area contributed by atoms with Crippen molar-refractivity contribution in [2.24, 2.45) is 0 Å². The lowest BCUT2D eigenvalue weighted by atomic mass is 10.3. The lowest BCUT2D eigenvalue weighted by molar-refractivity contribution is -0.131. The first-order valence-corrected chi connectivity index (χ1v) is 4.09. The number of nitrogens with zero attached hydrogens (tertiary/aromatic N) is 1. The van der Waals surface area contributed by atoms with Gasteiger partial charge in [-0.1, -0.05) is 0 Å². The maximum absolute atomic E-state index is 11.3. The SMILES string of the molecule is CC(C)N1CCOCCC1=O. The molecule has 0 aromatic carbocycles. The third-order valence-corrected chi connectivity index (χ3v) is 1.88. The molecule has 1 aliphatic rings. The first-order chi connectivity index (χ1) is 5.22. The maximum atomic E-state index is 11.3. The van der Waals surface area contributed by atoms with Gasteiger partial charge in [0.2, 0.25) is 5.91 Å². The normalized spacial score (nSPS) is 20.6. The van der Waals surface area contributed by atoms with Gasteiger partial charge in [-0.2, -0.15) is 0 Å². The summed E-state index contributed by atoms with van der Waals surface area (Å²) in [6.07, 6.45) is 0.540. The summed E-state index contributed by atoms with van der Waals surface area (Å²) in [5.41, 5.74) is 0. The molecule has 0 aromatic heterocycles. The summed E-state index contributed by atoms with van der Waals surface area (Å²) in [6.45, 7) is 6.08. The molecule has 0 aliphatic carbocycles. The Morgan fingerprint density at radius 2 is 2.18 bits per heavy atom. The van der Waals surface area contributed by atoms with Gasteiger partial charge in [0.25, 0.3) is 0 Å². The second-order valence-electron chi connectivity index (χ2n) is 3.04. The highest BCUT2D eigenvalue weighted by molar-refractivity contribution is 5.76. The van der Waals surface area contributed by atoms with Crippen molar-refractivity contribution in [2.45, 2.75) is 26.3 Å². The van der Waals surface area contributed by atoms with Gasteiger partial charge in [0, 0.05) is 12.6 Å². The fourth-order valence-corrected chi connectivity index (χ4v) is 1.24. The van der Waals surface area contributed by atoms with Crippen molar-refractivity contribution in [2.75, 3.05) is 19.8 Å². The summed E-state index contributed by atoms with van der Waals surface area (Å²) in [4.78, 5) is 13.2. The van der Waals surface area contributed by atoms with Crippen LogP contribution < -0.4 is 0 Å². The van der Waals surface area contributed by atoms with Gasteiger partial charge in [0.15, 0.2) is 0 Å². The van der Waals surface area contributed by atoms with Crippen LogP contribution in [0.4, 0.5) is 0 Å². The zero-order valence-corrected chi connectivity index (χ0v) is 7.17. The molecule has 0 unspecified atom stereocenters. The Hall–Kier alpha value is -0.570. The van der Waals surface area contributed by atoms with Gasteiger partial charge in [-0.3, -0.25) is 4.79 Å². The number of amides is 1. The Labute approximate surface area is 67.3 Å². The van der Waals surface area contributed by atoms with Crippen LogP contribution in [0.1, 0.15) is 20.3 Å². The molecule has 0 aromatic rings.